The molecule has 5 nitrogen and oxygen atoms in total. The zero-order valence-corrected chi connectivity index (χ0v) is 9.60. The first-order valence-corrected chi connectivity index (χ1v) is 5.55. The topological polar surface area (TPSA) is 81.6 Å². The van der Waals surface area contributed by atoms with E-state index < -0.39 is 12.2 Å². The summed E-state index contributed by atoms with van der Waals surface area (Å²) in [5, 5.41) is 25.1. The van der Waals surface area contributed by atoms with Gasteiger partial charge in [-0.15, -0.1) is 0 Å². The molecule has 2 rings (SSSR count). The predicted molar refractivity (Wildman–Crippen MR) is 62.5 cm³/mol. The number of hydrogen-bond donors (Lipinski definition) is 4. The van der Waals surface area contributed by atoms with Crippen LogP contribution in [0.2, 0.25) is 0 Å². The molecule has 0 aromatic heterocycles. The van der Waals surface area contributed by atoms with Crippen LogP contribution in [-0.4, -0.2) is 35.8 Å². The number of aliphatic hydroxyl groups is 2. The standard InChI is InChI=1S/C12H16N2O3/c1-13-6-10(15)11(16)7-2-3-9-8(4-7)5-14-12(9)17/h2-4,10-11,13,15-16H,5-6H2,1H3,(H,14,17). The first kappa shape index (κ1) is 12.0. The minimum atomic E-state index is -0.941. The van der Waals surface area contributed by atoms with E-state index >= 15 is 0 Å². The number of hydrogen-bond acceptors (Lipinski definition) is 4. The summed E-state index contributed by atoms with van der Waals surface area (Å²) in [6.45, 7) is 0.798. The van der Waals surface area contributed by atoms with Gasteiger partial charge < -0.3 is 20.8 Å². The van der Waals surface area contributed by atoms with Crippen LogP contribution < -0.4 is 10.6 Å². The second-order valence-corrected chi connectivity index (χ2v) is 4.17. The molecule has 1 heterocycles. The molecular formula is C12H16N2O3. The van der Waals surface area contributed by atoms with E-state index in [-0.39, 0.29) is 5.91 Å². The van der Waals surface area contributed by atoms with Crippen LogP contribution in [0, 0.1) is 0 Å². The van der Waals surface area contributed by atoms with Crippen LogP contribution in [0.1, 0.15) is 27.6 Å². The smallest absolute Gasteiger partial charge is 0.251 e. The van der Waals surface area contributed by atoms with E-state index in [2.05, 4.69) is 10.6 Å². The molecule has 0 aliphatic carbocycles. The van der Waals surface area contributed by atoms with Crippen molar-refractivity contribution in [2.45, 2.75) is 18.8 Å². The van der Waals surface area contributed by atoms with Crippen molar-refractivity contribution in [2.24, 2.45) is 0 Å². The maximum absolute atomic E-state index is 11.4. The molecular weight excluding hydrogens is 220 g/mol. The second-order valence-electron chi connectivity index (χ2n) is 4.17. The fraction of sp³-hybridized carbons (Fsp3) is 0.417. The van der Waals surface area contributed by atoms with Crippen molar-refractivity contribution in [3.8, 4) is 0 Å². The molecule has 0 spiro atoms. The monoisotopic (exact) mass is 236 g/mol. The zero-order chi connectivity index (χ0) is 12.4. The van der Waals surface area contributed by atoms with Gasteiger partial charge in [-0.25, -0.2) is 0 Å². The van der Waals surface area contributed by atoms with Crippen LogP contribution in [0.3, 0.4) is 0 Å². The van der Waals surface area contributed by atoms with Gasteiger partial charge in [0.05, 0.1) is 6.10 Å². The Morgan fingerprint density at radius 1 is 1.47 bits per heavy atom. The lowest BCUT2D eigenvalue weighted by molar-refractivity contribution is 0.0202. The molecule has 5 heteroatoms. The van der Waals surface area contributed by atoms with Crippen molar-refractivity contribution in [1.29, 1.82) is 0 Å². The lowest BCUT2D eigenvalue weighted by atomic mass is 9.99. The Labute approximate surface area is 99.5 Å². The third kappa shape index (κ3) is 2.31. The van der Waals surface area contributed by atoms with Gasteiger partial charge in [-0.05, 0) is 24.2 Å². The molecule has 2 unspecified atom stereocenters. The lowest BCUT2D eigenvalue weighted by Crippen LogP contribution is -2.29. The van der Waals surface area contributed by atoms with Crippen molar-refractivity contribution in [2.75, 3.05) is 13.6 Å². The van der Waals surface area contributed by atoms with Gasteiger partial charge >= 0.3 is 0 Å². The molecule has 2 atom stereocenters. The van der Waals surface area contributed by atoms with Crippen molar-refractivity contribution in [3.05, 3.63) is 34.9 Å². The lowest BCUT2D eigenvalue weighted by Gasteiger charge is -2.18. The Hall–Kier alpha value is -1.43. The van der Waals surface area contributed by atoms with Gasteiger partial charge in [-0.2, -0.15) is 0 Å². The summed E-state index contributed by atoms with van der Waals surface area (Å²) in [5.74, 6) is -0.0863. The Balaban J connectivity index is 2.20. The highest BCUT2D eigenvalue weighted by Crippen LogP contribution is 2.23. The Morgan fingerprint density at radius 3 is 2.94 bits per heavy atom. The number of aliphatic hydroxyl groups excluding tert-OH is 2. The summed E-state index contributed by atoms with van der Waals surface area (Å²) >= 11 is 0. The van der Waals surface area contributed by atoms with Crippen LogP contribution >= 0.6 is 0 Å². The zero-order valence-electron chi connectivity index (χ0n) is 9.60. The maximum atomic E-state index is 11.4. The highest BCUT2D eigenvalue weighted by molar-refractivity contribution is 5.98. The van der Waals surface area contributed by atoms with Crippen LogP contribution in [0.5, 0.6) is 0 Å². The third-order valence-corrected chi connectivity index (χ3v) is 2.93. The third-order valence-electron chi connectivity index (χ3n) is 2.93. The van der Waals surface area contributed by atoms with Crippen molar-refractivity contribution in [1.82, 2.24) is 10.6 Å². The van der Waals surface area contributed by atoms with Crippen molar-refractivity contribution < 1.29 is 15.0 Å². The van der Waals surface area contributed by atoms with Gasteiger partial charge in [0.2, 0.25) is 0 Å². The van der Waals surface area contributed by atoms with Gasteiger partial charge in [0.15, 0.2) is 0 Å². The van der Waals surface area contributed by atoms with E-state index in [1.54, 1.807) is 25.2 Å². The minimum Gasteiger partial charge on any atom is -0.389 e. The van der Waals surface area contributed by atoms with Gasteiger partial charge in [0.25, 0.3) is 5.91 Å². The number of rotatable bonds is 4. The molecule has 17 heavy (non-hydrogen) atoms. The molecule has 1 aromatic rings. The van der Waals surface area contributed by atoms with E-state index in [9.17, 15) is 15.0 Å². The fourth-order valence-corrected chi connectivity index (χ4v) is 1.98. The Bertz CT molecular complexity index is 434. The average molecular weight is 236 g/mol. The molecule has 0 bridgehead atoms. The summed E-state index contributed by atoms with van der Waals surface area (Å²) in [6, 6.07) is 5.12. The summed E-state index contributed by atoms with van der Waals surface area (Å²) in [7, 11) is 1.71. The van der Waals surface area contributed by atoms with Gasteiger partial charge in [-0.3, -0.25) is 4.79 Å². The molecule has 1 aliphatic heterocycles. The normalized spacial score (nSPS) is 17.5. The molecule has 1 aromatic carbocycles. The van der Waals surface area contributed by atoms with E-state index in [0.717, 1.165) is 5.56 Å². The largest absolute Gasteiger partial charge is 0.389 e. The van der Waals surface area contributed by atoms with E-state index in [1.807, 2.05) is 0 Å². The average Bonchev–Trinajstić information content (AvgIpc) is 2.70. The predicted octanol–water partition coefficient (Wildman–Crippen LogP) is -0.456. The first-order chi connectivity index (χ1) is 8.13. The second kappa shape index (κ2) is 4.83. The maximum Gasteiger partial charge on any atom is 0.251 e. The molecule has 4 N–H and O–H groups in total. The number of likely N-dealkylation sites (N-methyl/N-ethyl adjacent to an activating group) is 1. The van der Waals surface area contributed by atoms with Crippen LogP contribution in [0.25, 0.3) is 0 Å². The summed E-state index contributed by atoms with van der Waals surface area (Å²) < 4.78 is 0. The van der Waals surface area contributed by atoms with Gasteiger partial charge in [0.1, 0.15) is 6.10 Å². The molecule has 0 radical (unpaired) electrons. The van der Waals surface area contributed by atoms with E-state index in [1.165, 1.54) is 0 Å². The molecule has 1 aliphatic rings. The van der Waals surface area contributed by atoms with Gasteiger partial charge in [-0.1, -0.05) is 12.1 Å². The number of fused-ring (bicyclic) bond motifs is 1. The summed E-state index contributed by atoms with van der Waals surface area (Å²) in [5.41, 5.74) is 2.13. The molecule has 92 valence electrons. The van der Waals surface area contributed by atoms with E-state index in [4.69, 9.17) is 0 Å². The highest BCUT2D eigenvalue weighted by Gasteiger charge is 2.22. The number of benzene rings is 1. The Kier molecular flexibility index (Phi) is 3.42. The highest BCUT2D eigenvalue weighted by atomic mass is 16.3. The quantitative estimate of drug-likeness (QED) is 0.570. The van der Waals surface area contributed by atoms with Crippen molar-refractivity contribution in [3.63, 3.8) is 0 Å². The number of carbonyl (C=O) groups is 1. The molecule has 0 saturated heterocycles. The van der Waals surface area contributed by atoms with Crippen LogP contribution in [0.4, 0.5) is 0 Å². The Morgan fingerprint density at radius 2 is 2.24 bits per heavy atom. The number of nitrogens with one attached hydrogen (secondary N) is 2. The number of carbonyl (C=O) groups excluding carboxylic acids is 1. The van der Waals surface area contributed by atoms with Crippen LogP contribution in [0.15, 0.2) is 18.2 Å². The van der Waals surface area contributed by atoms with E-state index in [0.29, 0.717) is 24.2 Å². The molecule has 1 amide bonds. The number of amides is 1. The fourth-order valence-electron chi connectivity index (χ4n) is 1.98. The van der Waals surface area contributed by atoms with Crippen LogP contribution in [-0.2, 0) is 6.54 Å². The van der Waals surface area contributed by atoms with Crippen molar-refractivity contribution >= 4 is 5.91 Å². The SMILES string of the molecule is CNCC(O)C(O)c1ccc2c(c1)CNC2=O. The minimum absolute atomic E-state index is 0.0863. The van der Waals surface area contributed by atoms with Gasteiger partial charge in [0, 0.05) is 18.7 Å². The summed E-state index contributed by atoms with van der Waals surface area (Å²) in [4.78, 5) is 11.4. The first-order valence-electron chi connectivity index (χ1n) is 5.55. The molecule has 0 fully saturated rings. The molecule has 0 saturated carbocycles. The summed E-state index contributed by atoms with van der Waals surface area (Å²) in [6.07, 6.45) is -1.80.